The number of carbonyl (C=O) groups is 1. The molecule has 3 nitrogen and oxygen atoms in total. The Kier molecular flexibility index (Phi) is 4.29. The first-order chi connectivity index (χ1) is 9.47. The second-order valence-electron chi connectivity index (χ2n) is 4.61. The molecule has 0 saturated heterocycles. The average molecular weight is 291 g/mol. The van der Waals surface area contributed by atoms with E-state index in [-0.39, 0.29) is 16.6 Å². The van der Waals surface area contributed by atoms with Gasteiger partial charge in [-0.3, -0.25) is 0 Å². The van der Waals surface area contributed by atoms with Crippen LogP contribution in [-0.4, -0.2) is 16.1 Å². The second-order valence-corrected chi connectivity index (χ2v) is 5.64. The van der Waals surface area contributed by atoms with Gasteiger partial charge in [-0.25, -0.2) is 14.2 Å². The third kappa shape index (κ3) is 3.30. The van der Waals surface area contributed by atoms with Gasteiger partial charge in [-0.2, -0.15) is 0 Å². The predicted octanol–water partition coefficient (Wildman–Crippen LogP) is 4.27. The minimum absolute atomic E-state index is 0.186. The van der Waals surface area contributed by atoms with E-state index in [0.29, 0.717) is 5.69 Å². The smallest absolute Gasteiger partial charge is 0.348 e. The predicted molar refractivity (Wildman–Crippen MR) is 78.5 cm³/mol. The van der Waals surface area contributed by atoms with E-state index in [1.807, 2.05) is 13.8 Å². The quantitative estimate of drug-likeness (QED) is 0.915. The summed E-state index contributed by atoms with van der Waals surface area (Å²) in [5.74, 6) is -1.09. The Hall–Kier alpha value is -2.01. The van der Waals surface area contributed by atoms with Crippen molar-refractivity contribution in [2.24, 2.45) is 0 Å². The summed E-state index contributed by atoms with van der Waals surface area (Å²) in [6.07, 6.45) is 3.38. The molecule has 0 saturated carbocycles. The molecule has 0 aliphatic heterocycles. The lowest BCUT2D eigenvalue weighted by Crippen LogP contribution is -1.94. The molecule has 1 aromatic heterocycles. The maximum Gasteiger partial charge on any atom is 0.348 e. The molecule has 0 spiro atoms. The van der Waals surface area contributed by atoms with Crippen molar-refractivity contribution in [3.8, 4) is 0 Å². The van der Waals surface area contributed by atoms with Crippen molar-refractivity contribution in [1.82, 2.24) is 4.98 Å². The Balaban J connectivity index is 2.32. The topological polar surface area (TPSA) is 50.2 Å². The van der Waals surface area contributed by atoms with Gasteiger partial charge in [0.2, 0.25) is 0 Å². The highest BCUT2D eigenvalue weighted by atomic mass is 32.1. The number of aromatic nitrogens is 1. The van der Waals surface area contributed by atoms with Gasteiger partial charge >= 0.3 is 5.97 Å². The highest BCUT2D eigenvalue weighted by Crippen LogP contribution is 2.26. The van der Waals surface area contributed by atoms with Crippen LogP contribution in [-0.2, 0) is 0 Å². The van der Waals surface area contributed by atoms with Crippen molar-refractivity contribution in [2.75, 3.05) is 0 Å². The number of carboxylic acids is 1. The maximum atomic E-state index is 12.8. The zero-order chi connectivity index (χ0) is 14.7. The molecule has 0 aliphatic rings. The molecule has 1 heterocycles. The molecule has 0 unspecified atom stereocenters. The van der Waals surface area contributed by atoms with Crippen molar-refractivity contribution >= 4 is 29.5 Å². The van der Waals surface area contributed by atoms with Crippen molar-refractivity contribution in [2.45, 2.75) is 19.8 Å². The molecule has 0 atom stereocenters. The number of carboxylic acid groups (broad SMARTS) is 1. The van der Waals surface area contributed by atoms with Gasteiger partial charge < -0.3 is 5.11 Å². The van der Waals surface area contributed by atoms with Crippen LogP contribution in [0.4, 0.5) is 4.39 Å². The normalized spacial score (nSPS) is 11.4. The number of halogens is 1. The minimum atomic E-state index is -0.979. The van der Waals surface area contributed by atoms with Crippen LogP contribution in [0.3, 0.4) is 0 Å². The molecule has 0 aliphatic carbocycles. The van der Waals surface area contributed by atoms with Crippen molar-refractivity contribution in [3.63, 3.8) is 0 Å². The molecular formula is C15H14FNO2S. The minimum Gasteiger partial charge on any atom is -0.477 e. The van der Waals surface area contributed by atoms with Gasteiger partial charge in [0.05, 0.1) is 10.7 Å². The standard InChI is InChI=1S/C15H14FNO2S/c1-9(2)14-17-12(13(20-14)15(18)19)8-5-10-3-6-11(16)7-4-10/h3-9H,1-2H3,(H,18,19)/b8-5+. The summed E-state index contributed by atoms with van der Waals surface area (Å²) >= 11 is 1.19. The Morgan fingerprint density at radius 2 is 1.95 bits per heavy atom. The van der Waals surface area contributed by atoms with Crippen molar-refractivity contribution in [1.29, 1.82) is 0 Å². The first-order valence-corrected chi connectivity index (χ1v) is 6.96. The van der Waals surface area contributed by atoms with Crippen LogP contribution in [0, 0.1) is 5.82 Å². The van der Waals surface area contributed by atoms with Crippen molar-refractivity contribution in [3.05, 3.63) is 51.2 Å². The number of nitrogens with zero attached hydrogens (tertiary/aromatic N) is 1. The third-order valence-corrected chi connectivity index (χ3v) is 4.02. The van der Waals surface area contributed by atoms with E-state index in [0.717, 1.165) is 10.6 Å². The first-order valence-electron chi connectivity index (χ1n) is 6.15. The number of benzene rings is 1. The molecule has 1 aromatic carbocycles. The average Bonchev–Trinajstić information content (AvgIpc) is 2.82. The molecule has 5 heteroatoms. The zero-order valence-electron chi connectivity index (χ0n) is 11.1. The SMILES string of the molecule is CC(C)c1nc(/C=C/c2ccc(F)cc2)c(C(=O)O)s1. The number of hydrogen-bond donors (Lipinski definition) is 1. The van der Waals surface area contributed by atoms with Gasteiger partial charge in [0.25, 0.3) is 0 Å². The van der Waals surface area contributed by atoms with Crippen LogP contribution in [0.5, 0.6) is 0 Å². The monoisotopic (exact) mass is 291 g/mol. The number of thiazole rings is 1. The Morgan fingerprint density at radius 3 is 2.50 bits per heavy atom. The van der Waals surface area contributed by atoms with E-state index in [4.69, 9.17) is 0 Å². The summed E-state index contributed by atoms with van der Waals surface area (Å²) in [5.41, 5.74) is 1.23. The second kappa shape index (κ2) is 5.96. The summed E-state index contributed by atoms with van der Waals surface area (Å²) in [7, 11) is 0. The first kappa shape index (κ1) is 14.4. The van der Waals surface area contributed by atoms with Gasteiger partial charge in [-0.05, 0) is 23.8 Å². The summed E-state index contributed by atoms with van der Waals surface area (Å²) in [5, 5.41) is 9.97. The van der Waals surface area contributed by atoms with Crippen molar-refractivity contribution < 1.29 is 14.3 Å². The molecule has 0 bridgehead atoms. The van der Waals surface area contributed by atoms with Crippen LogP contribution in [0.1, 0.15) is 45.7 Å². The third-order valence-electron chi connectivity index (χ3n) is 2.66. The maximum absolute atomic E-state index is 12.8. The molecule has 20 heavy (non-hydrogen) atoms. The van der Waals surface area contributed by atoms with Gasteiger partial charge in [-0.15, -0.1) is 11.3 Å². The highest BCUT2D eigenvalue weighted by Gasteiger charge is 2.16. The fourth-order valence-corrected chi connectivity index (χ4v) is 2.51. The van der Waals surface area contributed by atoms with E-state index in [9.17, 15) is 14.3 Å². The van der Waals surface area contributed by atoms with Crippen LogP contribution < -0.4 is 0 Å². The molecule has 0 radical (unpaired) electrons. The van der Waals surface area contributed by atoms with E-state index < -0.39 is 5.97 Å². The Morgan fingerprint density at radius 1 is 1.30 bits per heavy atom. The fraction of sp³-hybridized carbons (Fsp3) is 0.200. The van der Waals surface area contributed by atoms with Gasteiger partial charge in [0, 0.05) is 5.92 Å². The number of hydrogen-bond acceptors (Lipinski definition) is 3. The molecular weight excluding hydrogens is 277 g/mol. The molecule has 104 valence electrons. The largest absolute Gasteiger partial charge is 0.477 e. The van der Waals surface area contributed by atoms with Crippen LogP contribution in [0.15, 0.2) is 24.3 Å². The van der Waals surface area contributed by atoms with Gasteiger partial charge in [0.1, 0.15) is 10.7 Å². The fourth-order valence-electron chi connectivity index (χ4n) is 1.61. The van der Waals surface area contributed by atoms with Gasteiger partial charge in [-0.1, -0.05) is 32.1 Å². The lowest BCUT2D eigenvalue weighted by Gasteiger charge is -1.95. The van der Waals surface area contributed by atoms with E-state index in [1.165, 1.54) is 23.5 Å². The highest BCUT2D eigenvalue weighted by molar-refractivity contribution is 7.13. The Bertz CT molecular complexity index is 644. The molecule has 2 aromatic rings. The Labute approximate surface area is 120 Å². The molecule has 2 rings (SSSR count). The van der Waals surface area contributed by atoms with E-state index in [1.54, 1.807) is 24.3 Å². The molecule has 1 N–H and O–H groups in total. The molecule has 0 amide bonds. The lowest BCUT2D eigenvalue weighted by molar-refractivity contribution is 0.0701. The van der Waals surface area contributed by atoms with E-state index >= 15 is 0 Å². The van der Waals surface area contributed by atoms with Crippen LogP contribution in [0.25, 0.3) is 12.2 Å². The summed E-state index contributed by atoms with van der Waals surface area (Å²) < 4.78 is 12.8. The zero-order valence-corrected chi connectivity index (χ0v) is 11.9. The number of aromatic carboxylic acids is 1. The van der Waals surface area contributed by atoms with Gasteiger partial charge in [0.15, 0.2) is 0 Å². The summed E-state index contributed by atoms with van der Waals surface area (Å²) in [6, 6.07) is 5.97. The summed E-state index contributed by atoms with van der Waals surface area (Å²) in [6.45, 7) is 3.94. The number of rotatable bonds is 4. The summed E-state index contributed by atoms with van der Waals surface area (Å²) in [4.78, 5) is 15.8. The van der Waals surface area contributed by atoms with E-state index in [2.05, 4.69) is 4.98 Å². The van der Waals surface area contributed by atoms with Crippen LogP contribution in [0.2, 0.25) is 0 Å². The lowest BCUT2D eigenvalue weighted by atomic mass is 10.2. The molecule has 0 fully saturated rings. The van der Waals surface area contributed by atoms with Crippen LogP contribution >= 0.6 is 11.3 Å².